The lowest BCUT2D eigenvalue weighted by atomic mass is 9.98. The number of amides is 1. The van der Waals surface area contributed by atoms with E-state index in [0.29, 0.717) is 0 Å². The van der Waals surface area contributed by atoms with Crippen molar-refractivity contribution in [3.8, 4) is 0 Å². The maximum Gasteiger partial charge on any atom is 0.240 e. The van der Waals surface area contributed by atoms with Crippen LogP contribution in [0.5, 0.6) is 0 Å². The van der Waals surface area contributed by atoms with Crippen LogP contribution in [0, 0.1) is 0 Å². The van der Waals surface area contributed by atoms with E-state index < -0.39 is 5.54 Å². The average molecular weight is 240 g/mol. The van der Waals surface area contributed by atoms with E-state index in [1.54, 1.807) is 0 Å². The van der Waals surface area contributed by atoms with Gasteiger partial charge in [-0.3, -0.25) is 4.79 Å². The minimum Gasteiger partial charge on any atom is -0.355 e. The summed E-state index contributed by atoms with van der Waals surface area (Å²) in [5.74, 6) is 0.0727. The highest BCUT2D eigenvalue weighted by Gasteiger charge is 2.36. The maximum atomic E-state index is 11.9. The number of unbranched alkanes of at least 4 members (excludes halogenated alkanes) is 5. The molecular weight excluding hydrogens is 212 g/mol. The van der Waals surface area contributed by atoms with Gasteiger partial charge in [0, 0.05) is 6.54 Å². The molecule has 3 nitrogen and oxygen atoms in total. The molecule has 17 heavy (non-hydrogen) atoms. The predicted molar refractivity (Wildman–Crippen MR) is 71.8 cm³/mol. The molecule has 1 amide bonds. The molecule has 0 saturated heterocycles. The van der Waals surface area contributed by atoms with Gasteiger partial charge in [-0.05, 0) is 19.3 Å². The smallest absolute Gasteiger partial charge is 0.240 e. The van der Waals surface area contributed by atoms with Crippen LogP contribution in [0.1, 0.15) is 71.1 Å². The van der Waals surface area contributed by atoms with Crippen LogP contribution in [0.3, 0.4) is 0 Å². The summed E-state index contributed by atoms with van der Waals surface area (Å²) in [5, 5.41) is 2.99. The normalized spacial score (nSPS) is 18.2. The molecule has 3 N–H and O–H groups in total. The van der Waals surface area contributed by atoms with Crippen molar-refractivity contribution >= 4 is 5.91 Å². The van der Waals surface area contributed by atoms with Gasteiger partial charge < -0.3 is 11.1 Å². The van der Waals surface area contributed by atoms with Gasteiger partial charge >= 0.3 is 0 Å². The monoisotopic (exact) mass is 240 g/mol. The lowest BCUT2D eigenvalue weighted by molar-refractivity contribution is -0.126. The molecule has 1 aliphatic carbocycles. The van der Waals surface area contributed by atoms with Crippen molar-refractivity contribution in [2.45, 2.75) is 76.7 Å². The molecule has 0 unspecified atom stereocenters. The third-order valence-electron chi connectivity index (χ3n) is 3.76. The Hall–Kier alpha value is -0.570. The Balaban J connectivity index is 2.00. The fraction of sp³-hybridized carbons (Fsp3) is 0.929. The fourth-order valence-corrected chi connectivity index (χ4v) is 2.52. The second kappa shape index (κ2) is 7.70. The highest BCUT2D eigenvalue weighted by molar-refractivity contribution is 5.86. The highest BCUT2D eigenvalue weighted by atomic mass is 16.2. The van der Waals surface area contributed by atoms with Crippen molar-refractivity contribution in [1.82, 2.24) is 5.32 Å². The molecule has 0 aliphatic heterocycles. The molecule has 0 aromatic rings. The second-order valence-corrected chi connectivity index (χ2v) is 5.39. The first-order chi connectivity index (χ1) is 8.19. The van der Waals surface area contributed by atoms with Crippen molar-refractivity contribution in [1.29, 1.82) is 0 Å². The number of nitrogens with one attached hydrogen (secondary N) is 1. The van der Waals surface area contributed by atoms with E-state index in [1.165, 1.54) is 32.1 Å². The zero-order chi connectivity index (χ0) is 12.6. The number of hydrogen-bond donors (Lipinski definition) is 2. The lowest BCUT2D eigenvalue weighted by Crippen LogP contribution is -2.52. The SMILES string of the molecule is CCCCCCCCNC(=O)C1(N)CCCC1. The van der Waals surface area contributed by atoms with E-state index in [9.17, 15) is 4.79 Å². The molecule has 100 valence electrons. The van der Waals surface area contributed by atoms with E-state index in [-0.39, 0.29) is 5.91 Å². The van der Waals surface area contributed by atoms with E-state index in [0.717, 1.165) is 38.6 Å². The largest absolute Gasteiger partial charge is 0.355 e. The molecular formula is C14H28N2O. The van der Waals surface area contributed by atoms with E-state index >= 15 is 0 Å². The number of nitrogens with two attached hydrogens (primary N) is 1. The van der Waals surface area contributed by atoms with Crippen LogP contribution < -0.4 is 11.1 Å². The van der Waals surface area contributed by atoms with Gasteiger partial charge in [0.2, 0.25) is 5.91 Å². The molecule has 0 aromatic carbocycles. The van der Waals surface area contributed by atoms with Gasteiger partial charge in [-0.15, -0.1) is 0 Å². The summed E-state index contributed by atoms with van der Waals surface area (Å²) in [7, 11) is 0. The van der Waals surface area contributed by atoms with Crippen LogP contribution in [0.4, 0.5) is 0 Å². The van der Waals surface area contributed by atoms with Crippen LogP contribution in [0.25, 0.3) is 0 Å². The first kappa shape index (κ1) is 14.5. The molecule has 0 atom stereocenters. The van der Waals surface area contributed by atoms with Crippen molar-refractivity contribution < 1.29 is 4.79 Å². The molecule has 3 heteroatoms. The zero-order valence-electron chi connectivity index (χ0n) is 11.3. The summed E-state index contributed by atoms with van der Waals surface area (Å²) in [4.78, 5) is 11.9. The van der Waals surface area contributed by atoms with Gasteiger partial charge in [0.15, 0.2) is 0 Å². The summed E-state index contributed by atoms with van der Waals surface area (Å²) in [6.07, 6.45) is 11.4. The second-order valence-electron chi connectivity index (χ2n) is 5.39. The standard InChI is InChI=1S/C14H28N2O/c1-2-3-4-5-6-9-12-16-13(17)14(15)10-7-8-11-14/h2-12,15H2,1H3,(H,16,17). The molecule has 1 aliphatic rings. The number of hydrogen-bond acceptors (Lipinski definition) is 2. The molecule has 0 spiro atoms. The summed E-state index contributed by atoms with van der Waals surface area (Å²) < 4.78 is 0. The van der Waals surface area contributed by atoms with Crippen LogP contribution in [-0.4, -0.2) is 18.0 Å². The van der Waals surface area contributed by atoms with Crippen molar-refractivity contribution in [2.75, 3.05) is 6.54 Å². The van der Waals surface area contributed by atoms with Gasteiger partial charge in [0.25, 0.3) is 0 Å². The van der Waals surface area contributed by atoms with Crippen molar-refractivity contribution in [3.05, 3.63) is 0 Å². The van der Waals surface area contributed by atoms with Crippen LogP contribution in [0.15, 0.2) is 0 Å². The van der Waals surface area contributed by atoms with Gasteiger partial charge in [-0.25, -0.2) is 0 Å². The van der Waals surface area contributed by atoms with Crippen molar-refractivity contribution in [3.63, 3.8) is 0 Å². The molecule has 0 radical (unpaired) electrons. The van der Waals surface area contributed by atoms with Crippen molar-refractivity contribution in [2.24, 2.45) is 5.73 Å². The molecule has 0 aromatic heterocycles. The van der Waals surface area contributed by atoms with E-state index in [4.69, 9.17) is 5.73 Å². The number of carbonyl (C=O) groups excluding carboxylic acids is 1. The Labute approximate surface area is 106 Å². The first-order valence-corrected chi connectivity index (χ1v) is 7.26. The van der Waals surface area contributed by atoms with Gasteiger partial charge in [-0.2, -0.15) is 0 Å². The number of carbonyl (C=O) groups is 1. The highest BCUT2D eigenvalue weighted by Crippen LogP contribution is 2.27. The summed E-state index contributed by atoms with van der Waals surface area (Å²) in [6, 6.07) is 0. The molecule has 1 saturated carbocycles. The Morgan fingerprint density at radius 1 is 1.12 bits per heavy atom. The van der Waals surface area contributed by atoms with Gasteiger partial charge in [-0.1, -0.05) is 51.9 Å². The minimum absolute atomic E-state index is 0.0727. The van der Waals surface area contributed by atoms with E-state index in [1.807, 2.05) is 0 Å². The Bertz CT molecular complexity index is 222. The molecule has 0 heterocycles. The van der Waals surface area contributed by atoms with Gasteiger partial charge in [0.1, 0.15) is 0 Å². The topological polar surface area (TPSA) is 55.1 Å². The fourth-order valence-electron chi connectivity index (χ4n) is 2.52. The summed E-state index contributed by atoms with van der Waals surface area (Å²) in [6.45, 7) is 3.02. The van der Waals surface area contributed by atoms with Crippen LogP contribution in [-0.2, 0) is 4.79 Å². The third kappa shape index (κ3) is 5.07. The number of rotatable bonds is 8. The lowest BCUT2D eigenvalue weighted by Gasteiger charge is -2.22. The summed E-state index contributed by atoms with van der Waals surface area (Å²) in [5.41, 5.74) is 5.52. The van der Waals surface area contributed by atoms with Crippen LogP contribution in [0.2, 0.25) is 0 Å². The predicted octanol–water partition coefficient (Wildman–Crippen LogP) is 2.73. The van der Waals surface area contributed by atoms with E-state index in [2.05, 4.69) is 12.2 Å². The Kier molecular flexibility index (Phi) is 6.56. The first-order valence-electron chi connectivity index (χ1n) is 7.26. The summed E-state index contributed by atoms with van der Waals surface area (Å²) >= 11 is 0. The quantitative estimate of drug-likeness (QED) is 0.641. The molecule has 0 bridgehead atoms. The minimum atomic E-state index is -0.553. The Morgan fingerprint density at radius 3 is 2.35 bits per heavy atom. The van der Waals surface area contributed by atoms with Gasteiger partial charge in [0.05, 0.1) is 5.54 Å². The third-order valence-corrected chi connectivity index (χ3v) is 3.76. The molecule has 1 fully saturated rings. The zero-order valence-corrected chi connectivity index (χ0v) is 11.3. The molecule has 1 rings (SSSR count). The van der Waals surface area contributed by atoms with Crippen LogP contribution >= 0.6 is 0 Å². The maximum absolute atomic E-state index is 11.9. The Morgan fingerprint density at radius 2 is 1.71 bits per heavy atom. The average Bonchev–Trinajstić information content (AvgIpc) is 2.76.